The summed E-state index contributed by atoms with van der Waals surface area (Å²) in [5.74, 6) is 0.0136. The summed E-state index contributed by atoms with van der Waals surface area (Å²) >= 11 is 0. The van der Waals surface area contributed by atoms with E-state index in [0.29, 0.717) is 25.6 Å². The van der Waals surface area contributed by atoms with Gasteiger partial charge in [0, 0.05) is 44.8 Å². The topological polar surface area (TPSA) is 91.2 Å². The lowest BCUT2D eigenvalue weighted by molar-refractivity contribution is -0.123. The van der Waals surface area contributed by atoms with Crippen molar-refractivity contribution in [2.45, 2.75) is 77.6 Å². The maximum atomic E-state index is 13.2. The van der Waals surface area contributed by atoms with E-state index in [4.69, 9.17) is 9.15 Å². The van der Waals surface area contributed by atoms with E-state index in [0.717, 1.165) is 43.5 Å². The molecule has 0 unspecified atom stereocenters. The molecule has 2 aromatic rings. The van der Waals surface area contributed by atoms with Gasteiger partial charge in [-0.2, -0.15) is 4.98 Å². The van der Waals surface area contributed by atoms with E-state index in [-0.39, 0.29) is 30.1 Å². The highest BCUT2D eigenvalue weighted by Gasteiger charge is 2.35. The third kappa shape index (κ3) is 6.07. The third-order valence-corrected chi connectivity index (χ3v) is 6.76. The minimum absolute atomic E-state index is 0.0136. The molecule has 0 aliphatic carbocycles. The molecule has 2 saturated heterocycles. The Hall–Kier alpha value is -2.81. The van der Waals surface area contributed by atoms with Gasteiger partial charge < -0.3 is 24.3 Å². The first-order chi connectivity index (χ1) is 16.6. The van der Waals surface area contributed by atoms with E-state index in [1.165, 1.54) is 0 Å². The molecule has 9 nitrogen and oxygen atoms in total. The lowest BCUT2D eigenvalue weighted by Gasteiger charge is -2.44. The number of anilines is 1. The number of benzene rings is 1. The van der Waals surface area contributed by atoms with Gasteiger partial charge in [-0.25, -0.2) is 4.79 Å². The van der Waals surface area contributed by atoms with Gasteiger partial charge in [0.1, 0.15) is 17.2 Å². The summed E-state index contributed by atoms with van der Waals surface area (Å²) < 4.78 is 11.5. The number of rotatable bonds is 5. The van der Waals surface area contributed by atoms with Crippen molar-refractivity contribution < 1.29 is 18.7 Å². The number of para-hydroxylation sites is 2. The van der Waals surface area contributed by atoms with Crippen LogP contribution in [0.25, 0.3) is 11.1 Å². The zero-order valence-corrected chi connectivity index (χ0v) is 21.6. The van der Waals surface area contributed by atoms with Crippen LogP contribution in [0.5, 0.6) is 0 Å². The van der Waals surface area contributed by atoms with Crippen LogP contribution >= 0.6 is 0 Å². The molecule has 0 bridgehead atoms. The molecule has 1 aromatic heterocycles. The molecule has 0 radical (unpaired) electrons. The average molecular weight is 486 g/mol. The largest absolute Gasteiger partial charge is 0.444 e. The zero-order chi connectivity index (χ0) is 25.2. The molecule has 2 aliphatic rings. The van der Waals surface area contributed by atoms with Gasteiger partial charge in [-0.1, -0.05) is 12.1 Å². The van der Waals surface area contributed by atoms with E-state index in [9.17, 15) is 9.59 Å². The summed E-state index contributed by atoms with van der Waals surface area (Å²) in [5, 5.41) is 3.14. The number of amides is 2. The summed E-state index contributed by atoms with van der Waals surface area (Å²) in [7, 11) is 0. The Morgan fingerprint density at radius 1 is 1.14 bits per heavy atom. The molecule has 2 aliphatic heterocycles. The fourth-order valence-corrected chi connectivity index (χ4v) is 5.11. The molecule has 2 fully saturated rings. The molecule has 0 spiro atoms. The van der Waals surface area contributed by atoms with E-state index in [1.54, 1.807) is 4.90 Å². The summed E-state index contributed by atoms with van der Waals surface area (Å²) in [4.78, 5) is 36.4. The van der Waals surface area contributed by atoms with Crippen LogP contribution in [0, 0.1) is 0 Å². The second-order valence-corrected chi connectivity index (χ2v) is 10.8. The number of carbonyl (C=O) groups excluding carboxylic acids is 2. The predicted molar refractivity (Wildman–Crippen MR) is 135 cm³/mol. The third-order valence-electron chi connectivity index (χ3n) is 6.76. The number of piperidine rings is 1. The predicted octanol–water partition coefficient (Wildman–Crippen LogP) is 3.63. The highest BCUT2D eigenvalue weighted by atomic mass is 16.6. The number of ether oxygens (including phenoxy) is 1. The molecule has 9 heteroatoms. The van der Waals surface area contributed by atoms with Crippen molar-refractivity contribution in [1.82, 2.24) is 20.1 Å². The summed E-state index contributed by atoms with van der Waals surface area (Å²) in [6, 6.07) is 8.27. The Morgan fingerprint density at radius 3 is 2.54 bits per heavy atom. The first-order valence-corrected chi connectivity index (χ1v) is 12.8. The minimum Gasteiger partial charge on any atom is -0.444 e. The fourth-order valence-electron chi connectivity index (χ4n) is 5.11. The number of nitrogens with one attached hydrogen (secondary N) is 1. The van der Waals surface area contributed by atoms with E-state index >= 15 is 0 Å². The van der Waals surface area contributed by atoms with Gasteiger partial charge in [0.2, 0.25) is 5.91 Å². The summed E-state index contributed by atoms with van der Waals surface area (Å²) in [6.07, 6.45) is 2.54. The van der Waals surface area contributed by atoms with E-state index < -0.39 is 5.60 Å². The quantitative estimate of drug-likeness (QED) is 0.691. The average Bonchev–Trinajstić information content (AvgIpc) is 3.23. The number of aromatic nitrogens is 1. The van der Waals surface area contributed by atoms with Crippen LogP contribution in [0.3, 0.4) is 0 Å². The van der Waals surface area contributed by atoms with Gasteiger partial charge in [-0.05, 0) is 66.0 Å². The SMILES string of the molecule is C[C@@H]1CN(C(=O)OC(C)(C)C)C[C@H](C)N1CCNC(=O)[C@@H]1CCCCN1c1nc2ccccc2o1. The molecule has 1 N–H and O–H groups in total. The highest BCUT2D eigenvalue weighted by Crippen LogP contribution is 2.28. The Bertz CT molecular complexity index is 987. The van der Waals surface area contributed by atoms with Crippen LogP contribution < -0.4 is 10.2 Å². The van der Waals surface area contributed by atoms with Crippen molar-refractivity contribution in [3.63, 3.8) is 0 Å². The van der Waals surface area contributed by atoms with Crippen molar-refractivity contribution in [1.29, 1.82) is 0 Å². The van der Waals surface area contributed by atoms with Crippen molar-refractivity contribution in [2.75, 3.05) is 37.6 Å². The van der Waals surface area contributed by atoms with Crippen LogP contribution in [-0.4, -0.2) is 83.2 Å². The highest BCUT2D eigenvalue weighted by molar-refractivity contribution is 5.85. The Balaban J connectivity index is 1.31. The van der Waals surface area contributed by atoms with Gasteiger partial charge in [0.05, 0.1) is 0 Å². The van der Waals surface area contributed by atoms with E-state index in [1.807, 2.05) is 49.9 Å². The lowest BCUT2D eigenvalue weighted by Crippen LogP contribution is -2.60. The van der Waals surface area contributed by atoms with Gasteiger partial charge in [0.25, 0.3) is 6.01 Å². The van der Waals surface area contributed by atoms with Crippen LogP contribution in [-0.2, 0) is 9.53 Å². The van der Waals surface area contributed by atoms with Gasteiger partial charge in [0.15, 0.2) is 5.58 Å². The van der Waals surface area contributed by atoms with Gasteiger partial charge >= 0.3 is 6.09 Å². The molecular formula is C26H39N5O4. The van der Waals surface area contributed by atoms with Gasteiger partial charge in [-0.15, -0.1) is 0 Å². The molecule has 2 amide bonds. The van der Waals surface area contributed by atoms with Crippen LogP contribution in [0.15, 0.2) is 28.7 Å². The molecular weight excluding hydrogens is 446 g/mol. The second-order valence-electron chi connectivity index (χ2n) is 10.8. The molecule has 4 rings (SSSR count). The lowest BCUT2D eigenvalue weighted by atomic mass is 10.0. The standard InChI is InChI=1S/C26H39N5O4/c1-18-16-29(25(33)35-26(3,4)5)17-19(2)30(18)15-13-27-23(32)21-11-8-9-14-31(21)24-28-20-10-6-7-12-22(20)34-24/h6-7,10,12,18-19,21H,8-9,11,13-17H2,1-5H3,(H,27,32)/t18-,19+,21-/m0/s1. The number of hydrogen-bond donors (Lipinski definition) is 1. The number of piperazine rings is 1. The summed E-state index contributed by atoms with van der Waals surface area (Å²) in [5.41, 5.74) is 1.04. The van der Waals surface area contributed by atoms with Crippen LogP contribution in [0.1, 0.15) is 53.9 Å². The van der Waals surface area contributed by atoms with Crippen LogP contribution in [0.4, 0.5) is 10.8 Å². The number of nitrogens with zero attached hydrogens (tertiary/aromatic N) is 4. The Morgan fingerprint density at radius 2 is 1.86 bits per heavy atom. The summed E-state index contributed by atoms with van der Waals surface area (Å²) in [6.45, 7) is 13.1. The Kier molecular flexibility index (Phi) is 7.54. The number of fused-ring (bicyclic) bond motifs is 1. The minimum atomic E-state index is -0.504. The molecule has 3 atom stereocenters. The molecule has 35 heavy (non-hydrogen) atoms. The van der Waals surface area contributed by atoms with Crippen molar-refractivity contribution >= 4 is 29.1 Å². The smallest absolute Gasteiger partial charge is 0.410 e. The number of hydrogen-bond acceptors (Lipinski definition) is 7. The molecule has 192 valence electrons. The molecule has 1 aromatic carbocycles. The van der Waals surface area contributed by atoms with E-state index in [2.05, 4.69) is 29.0 Å². The fraction of sp³-hybridized carbons (Fsp3) is 0.654. The molecule has 0 saturated carbocycles. The maximum Gasteiger partial charge on any atom is 0.410 e. The first kappa shape index (κ1) is 25.3. The van der Waals surface area contributed by atoms with Crippen LogP contribution in [0.2, 0.25) is 0 Å². The zero-order valence-electron chi connectivity index (χ0n) is 21.6. The van der Waals surface area contributed by atoms with Crippen molar-refractivity contribution in [3.8, 4) is 0 Å². The maximum absolute atomic E-state index is 13.2. The number of carbonyl (C=O) groups is 2. The second kappa shape index (κ2) is 10.4. The monoisotopic (exact) mass is 485 g/mol. The Labute approximate surface area is 207 Å². The number of oxazole rings is 1. The molecule has 3 heterocycles. The van der Waals surface area contributed by atoms with Gasteiger partial charge in [-0.3, -0.25) is 9.69 Å². The first-order valence-electron chi connectivity index (χ1n) is 12.8. The van der Waals surface area contributed by atoms with Crippen molar-refractivity contribution in [3.05, 3.63) is 24.3 Å². The normalized spacial score (nSPS) is 24.0. The van der Waals surface area contributed by atoms with Crippen molar-refractivity contribution in [2.24, 2.45) is 0 Å².